The van der Waals surface area contributed by atoms with Gasteiger partial charge >= 0.3 is 0 Å². The van der Waals surface area contributed by atoms with Crippen molar-refractivity contribution < 1.29 is 4.74 Å². The Morgan fingerprint density at radius 3 is 2.69 bits per heavy atom. The molecule has 1 aliphatic rings. The molecule has 1 aromatic carbocycles. The summed E-state index contributed by atoms with van der Waals surface area (Å²) in [5, 5.41) is 0.784. The molecular formula is C13H16Cl2O. The topological polar surface area (TPSA) is 9.23 Å². The van der Waals surface area contributed by atoms with Crippen LogP contribution in [0.15, 0.2) is 24.3 Å². The van der Waals surface area contributed by atoms with Crippen LogP contribution in [-0.4, -0.2) is 12.7 Å². The second kappa shape index (κ2) is 5.39. The van der Waals surface area contributed by atoms with Gasteiger partial charge in [0.05, 0.1) is 11.5 Å². The first-order valence-electron chi connectivity index (χ1n) is 5.73. The van der Waals surface area contributed by atoms with Crippen molar-refractivity contribution in [2.75, 3.05) is 6.61 Å². The first-order chi connectivity index (χ1) is 7.72. The maximum Gasteiger partial charge on any atom is 0.0639 e. The molecule has 1 aliphatic heterocycles. The van der Waals surface area contributed by atoms with Gasteiger partial charge in [0.2, 0.25) is 0 Å². The van der Waals surface area contributed by atoms with Gasteiger partial charge in [-0.25, -0.2) is 0 Å². The van der Waals surface area contributed by atoms with Crippen LogP contribution < -0.4 is 0 Å². The Morgan fingerprint density at radius 2 is 2.06 bits per heavy atom. The van der Waals surface area contributed by atoms with Gasteiger partial charge in [0.1, 0.15) is 0 Å². The van der Waals surface area contributed by atoms with Crippen molar-refractivity contribution in [3.05, 3.63) is 34.9 Å². The van der Waals surface area contributed by atoms with Crippen molar-refractivity contribution in [3.63, 3.8) is 0 Å². The van der Waals surface area contributed by atoms with Gasteiger partial charge in [-0.2, -0.15) is 0 Å². The van der Waals surface area contributed by atoms with Crippen LogP contribution in [0, 0.1) is 5.92 Å². The molecule has 16 heavy (non-hydrogen) atoms. The van der Waals surface area contributed by atoms with E-state index in [0.717, 1.165) is 30.0 Å². The Labute approximate surface area is 107 Å². The molecule has 0 saturated carbocycles. The molecule has 0 aliphatic carbocycles. The molecule has 0 bridgehead atoms. The summed E-state index contributed by atoms with van der Waals surface area (Å²) >= 11 is 12.4. The zero-order chi connectivity index (χ0) is 11.5. The minimum atomic E-state index is 0.0321. The molecule has 3 atom stereocenters. The van der Waals surface area contributed by atoms with E-state index in [-0.39, 0.29) is 5.38 Å². The number of halogens is 2. The first-order valence-corrected chi connectivity index (χ1v) is 6.55. The van der Waals surface area contributed by atoms with Gasteiger partial charge in [0.15, 0.2) is 0 Å². The van der Waals surface area contributed by atoms with Crippen LogP contribution >= 0.6 is 23.2 Å². The van der Waals surface area contributed by atoms with E-state index >= 15 is 0 Å². The lowest BCUT2D eigenvalue weighted by molar-refractivity contribution is 0.0864. The van der Waals surface area contributed by atoms with E-state index in [1.165, 1.54) is 0 Å². The minimum Gasteiger partial charge on any atom is -0.378 e. The summed E-state index contributed by atoms with van der Waals surface area (Å²) in [7, 11) is 0. The Hall–Kier alpha value is -0.240. The van der Waals surface area contributed by atoms with Crippen molar-refractivity contribution in [3.8, 4) is 0 Å². The van der Waals surface area contributed by atoms with Crippen molar-refractivity contribution in [2.45, 2.75) is 31.2 Å². The summed E-state index contributed by atoms with van der Waals surface area (Å²) in [5.41, 5.74) is 1.14. The Balaban J connectivity index is 2.12. The fraction of sp³-hybridized carbons (Fsp3) is 0.538. The van der Waals surface area contributed by atoms with Crippen molar-refractivity contribution in [1.29, 1.82) is 0 Å². The summed E-state index contributed by atoms with van der Waals surface area (Å²) in [5.74, 6) is 0.424. The van der Waals surface area contributed by atoms with Gasteiger partial charge in [0, 0.05) is 17.5 Å². The standard InChI is InChI=1S/C13H16Cl2O/c1-2-12-11(7-8-16-12)13(15)9-3-5-10(14)6-4-9/h3-6,11-13H,2,7-8H2,1H3. The van der Waals surface area contributed by atoms with Crippen LogP contribution in [0.3, 0.4) is 0 Å². The normalized spacial score (nSPS) is 26.9. The van der Waals surface area contributed by atoms with E-state index in [9.17, 15) is 0 Å². The maximum absolute atomic E-state index is 6.52. The van der Waals surface area contributed by atoms with E-state index in [1.807, 2.05) is 24.3 Å². The number of rotatable bonds is 3. The summed E-state index contributed by atoms with van der Waals surface area (Å²) in [6, 6.07) is 7.79. The van der Waals surface area contributed by atoms with Crippen molar-refractivity contribution >= 4 is 23.2 Å². The Morgan fingerprint density at radius 1 is 1.38 bits per heavy atom. The molecule has 0 amide bonds. The van der Waals surface area contributed by atoms with Gasteiger partial charge in [0.25, 0.3) is 0 Å². The number of hydrogen-bond acceptors (Lipinski definition) is 1. The highest BCUT2D eigenvalue weighted by Crippen LogP contribution is 2.39. The van der Waals surface area contributed by atoms with Gasteiger partial charge in [-0.15, -0.1) is 11.6 Å². The molecule has 3 unspecified atom stereocenters. The van der Waals surface area contributed by atoms with Gasteiger partial charge in [-0.1, -0.05) is 30.7 Å². The Kier molecular flexibility index (Phi) is 4.12. The zero-order valence-electron chi connectivity index (χ0n) is 9.33. The fourth-order valence-electron chi connectivity index (χ4n) is 2.31. The summed E-state index contributed by atoms with van der Waals surface area (Å²) < 4.78 is 5.67. The van der Waals surface area contributed by atoms with E-state index in [2.05, 4.69) is 6.92 Å². The molecule has 0 radical (unpaired) electrons. The molecule has 1 aromatic rings. The number of benzene rings is 1. The lowest BCUT2D eigenvalue weighted by Gasteiger charge is -2.22. The average Bonchev–Trinajstić information content (AvgIpc) is 2.77. The van der Waals surface area contributed by atoms with Crippen LogP contribution in [-0.2, 0) is 4.74 Å². The van der Waals surface area contributed by atoms with Crippen LogP contribution in [0.25, 0.3) is 0 Å². The van der Waals surface area contributed by atoms with E-state index < -0.39 is 0 Å². The van der Waals surface area contributed by atoms with Gasteiger partial charge < -0.3 is 4.74 Å². The quantitative estimate of drug-likeness (QED) is 0.729. The first kappa shape index (κ1) is 12.2. The minimum absolute atomic E-state index is 0.0321. The molecule has 2 rings (SSSR count). The Bertz CT molecular complexity index is 336. The van der Waals surface area contributed by atoms with Gasteiger partial charge in [-0.3, -0.25) is 0 Å². The highest BCUT2D eigenvalue weighted by atomic mass is 35.5. The SMILES string of the molecule is CCC1OCCC1C(Cl)c1ccc(Cl)cc1. The van der Waals surface area contributed by atoms with Crippen molar-refractivity contribution in [1.82, 2.24) is 0 Å². The monoisotopic (exact) mass is 258 g/mol. The average molecular weight is 259 g/mol. The lowest BCUT2D eigenvalue weighted by Crippen LogP contribution is -2.19. The largest absolute Gasteiger partial charge is 0.378 e. The molecule has 0 spiro atoms. The fourth-order valence-corrected chi connectivity index (χ4v) is 2.87. The maximum atomic E-state index is 6.52. The lowest BCUT2D eigenvalue weighted by atomic mass is 9.91. The molecule has 3 heteroatoms. The number of alkyl halides is 1. The molecule has 0 N–H and O–H groups in total. The predicted octanol–water partition coefficient (Wildman–Crippen LogP) is 4.44. The number of hydrogen-bond donors (Lipinski definition) is 0. The summed E-state index contributed by atoms with van der Waals surface area (Å²) in [6.07, 6.45) is 2.38. The highest BCUT2D eigenvalue weighted by Gasteiger charge is 2.33. The van der Waals surface area contributed by atoms with E-state index in [1.54, 1.807) is 0 Å². The third-order valence-corrected chi connectivity index (χ3v) is 4.05. The van der Waals surface area contributed by atoms with Crippen LogP contribution in [0.5, 0.6) is 0 Å². The molecule has 88 valence electrons. The summed E-state index contributed by atoms with van der Waals surface area (Å²) in [4.78, 5) is 0. The third kappa shape index (κ3) is 2.53. The van der Waals surface area contributed by atoms with E-state index in [4.69, 9.17) is 27.9 Å². The van der Waals surface area contributed by atoms with Crippen LogP contribution in [0.4, 0.5) is 0 Å². The molecular weight excluding hydrogens is 243 g/mol. The zero-order valence-corrected chi connectivity index (χ0v) is 10.8. The predicted molar refractivity (Wildman–Crippen MR) is 68.2 cm³/mol. The molecule has 1 heterocycles. The van der Waals surface area contributed by atoms with Crippen LogP contribution in [0.2, 0.25) is 5.02 Å². The second-order valence-corrected chi connectivity index (χ2v) is 5.13. The molecule has 1 saturated heterocycles. The van der Waals surface area contributed by atoms with Crippen LogP contribution in [0.1, 0.15) is 30.7 Å². The van der Waals surface area contributed by atoms with E-state index in [0.29, 0.717) is 12.0 Å². The number of ether oxygens (including phenoxy) is 1. The van der Waals surface area contributed by atoms with Gasteiger partial charge in [-0.05, 0) is 30.5 Å². The smallest absolute Gasteiger partial charge is 0.0639 e. The van der Waals surface area contributed by atoms with Crippen molar-refractivity contribution in [2.24, 2.45) is 5.92 Å². The third-order valence-electron chi connectivity index (χ3n) is 3.23. The molecule has 1 nitrogen and oxygen atoms in total. The molecule has 0 aromatic heterocycles. The highest BCUT2D eigenvalue weighted by molar-refractivity contribution is 6.30. The second-order valence-electron chi connectivity index (χ2n) is 4.22. The molecule has 1 fully saturated rings. The summed E-state index contributed by atoms with van der Waals surface area (Å²) in [6.45, 7) is 2.98.